The molecule has 12 heavy (non-hydrogen) atoms. The van der Waals surface area contributed by atoms with Gasteiger partial charge in [0.2, 0.25) is 0 Å². The molecule has 5 nitrogen and oxygen atoms in total. The molecule has 0 spiro atoms. The van der Waals surface area contributed by atoms with E-state index in [0.717, 1.165) is 6.54 Å². The van der Waals surface area contributed by atoms with Gasteiger partial charge in [0.1, 0.15) is 6.23 Å². The molecule has 72 valence electrons. The van der Waals surface area contributed by atoms with Gasteiger partial charge in [0, 0.05) is 6.54 Å². The van der Waals surface area contributed by atoms with Crippen molar-refractivity contribution in [1.82, 2.24) is 10.2 Å². The summed E-state index contributed by atoms with van der Waals surface area (Å²) in [5.41, 5.74) is 0. The summed E-state index contributed by atoms with van der Waals surface area (Å²) in [7, 11) is 3.86. The Kier molecular flexibility index (Phi) is 5.40. The third kappa shape index (κ3) is 7.30. The number of likely N-dealkylation sites (N-methyl/N-ethyl adjacent to an activating group) is 1. The van der Waals surface area contributed by atoms with Gasteiger partial charge in [0.25, 0.3) is 0 Å². The second kappa shape index (κ2) is 5.79. The Morgan fingerprint density at radius 3 is 2.67 bits per heavy atom. The molecular formula is C7H16N2O3. The van der Waals surface area contributed by atoms with Gasteiger partial charge in [-0.2, -0.15) is 0 Å². The second-order valence-corrected chi connectivity index (χ2v) is 2.77. The van der Waals surface area contributed by atoms with Crippen LogP contribution in [-0.2, 0) is 4.74 Å². The van der Waals surface area contributed by atoms with E-state index in [0.29, 0.717) is 6.61 Å². The van der Waals surface area contributed by atoms with Crippen molar-refractivity contribution in [2.24, 2.45) is 0 Å². The van der Waals surface area contributed by atoms with Crippen molar-refractivity contribution in [3.05, 3.63) is 0 Å². The third-order valence-electron chi connectivity index (χ3n) is 1.23. The number of hydrogen-bond donors (Lipinski definition) is 2. The predicted molar refractivity (Wildman–Crippen MR) is 45.1 cm³/mol. The molecule has 1 unspecified atom stereocenters. The highest BCUT2D eigenvalue weighted by atomic mass is 16.5. The molecule has 0 radical (unpaired) electrons. The van der Waals surface area contributed by atoms with E-state index in [9.17, 15) is 4.79 Å². The molecule has 0 bridgehead atoms. The van der Waals surface area contributed by atoms with Gasteiger partial charge in [-0.25, -0.2) is 4.79 Å². The summed E-state index contributed by atoms with van der Waals surface area (Å²) in [6.07, 6.45) is -1.50. The number of nitrogens with zero attached hydrogens (tertiary/aromatic N) is 1. The van der Waals surface area contributed by atoms with E-state index in [-0.39, 0.29) is 0 Å². The first-order valence-corrected chi connectivity index (χ1v) is 3.78. The molecule has 1 atom stereocenters. The zero-order chi connectivity index (χ0) is 9.56. The molecule has 0 aromatic heterocycles. The molecule has 0 saturated heterocycles. The second-order valence-electron chi connectivity index (χ2n) is 2.77. The van der Waals surface area contributed by atoms with E-state index < -0.39 is 12.3 Å². The van der Waals surface area contributed by atoms with Gasteiger partial charge >= 0.3 is 6.09 Å². The van der Waals surface area contributed by atoms with Crippen LogP contribution in [0, 0.1) is 0 Å². The number of carbonyl (C=O) groups is 1. The van der Waals surface area contributed by atoms with Crippen molar-refractivity contribution in [2.75, 3.05) is 27.2 Å². The fourth-order valence-electron chi connectivity index (χ4n) is 0.628. The first-order valence-electron chi connectivity index (χ1n) is 3.78. The van der Waals surface area contributed by atoms with Gasteiger partial charge in [0.15, 0.2) is 0 Å². The minimum atomic E-state index is -1.06. The fraction of sp³-hybridized carbons (Fsp3) is 0.857. The zero-order valence-electron chi connectivity index (χ0n) is 7.70. The first-order chi connectivity index (χ1) is 5.52. The molecule has 0 aromatic rings. The highest BCUT2D eigenvalue weighted by Gasteiger charge is 2.03. The Morgan fingerprint density at radius 2 is 2.25 bits per heavy atom. The minimum Gasteiger partial charge on any atom is -0.465 e. The highest BCUT2D eigenvalue weighted by molar-refractivity contribution is 5.64. The summed E-state index contributed by atoms with van der Waals surface area (Å²) in [5.74, 6) is 0. The number of rotatable bonds is 5. The summed E-state index contributed by atoms with van der Waals surface area (Å²) in [6.45, 7) is 2.96. The molecule has 0 heterocycles. The van der Waals surface area contributed by atoms with Crippen LogP contribution in [0.5, 0.6) is 0 Å². The fourth-order valence-corrected chi connectivity index (χ4v) is 0.628. The Hall–Kier alpha value is -0.810. The molecule has 5 heteroatoms. The van der Waals surface area contributed by atoms with Gasteiger partial charge in [-0.1, -0.05) is 0 Å². The topological polar surface area (TPSA) is 61.8 Å². The van der Waals surface area contributed by atoms with Crippen LogP contribution in [0.2, 0.25) is 0 Å². The van der Waals surface area contributed by atoms with Crippen LogP contribution in [0.25, 0.3) is 0 Å². The molecule has 0 aliphatic heterocycles. The maximum Gasteiger partial charge on any atom is 0.406 e. The van der Waals surface area contributed by atoms with E-state index >= 15 is 0 Å². The maximum atomic E-state index is 10.1. The Labute approximate surface area is 72.3 Å². The van der Waals surface area contributed by atoms with Gasteiger partial charge < -0.3 is 14.7 Å². The maximum absolute atomic E-state index is 10.1. The molecule has 2 N–H and O–H groups in total. The quantitative estimate of drug-likeness (QED) is 0.586. The lowest BCUT2D eigenvalue weighted by atomic mass is 10.6. The Bertz CT molecular complexity index is 139. The van der Waals surface area contributed by atoms with E-state index in [1.165, 1.54) is 0 Å². The van der Waals surface area contributed by atoms with Crippen molar-refractivity contribution < 1.29 is 14.6 Å². The number of amides is 1. The lowest BCUT2D eigenvalue weighted by molar-refractivity contribution is 0.0359. The molecule has 0 rings (SSSR count). The summed E-state index contributed by atoms with van der Waals surface area (Å²) >= 11 is 0. The SMILES string of the molecule is CC(NC(=O)O)OCCN(C)C. The highest BCUT2D eigenvalue weighted by Crippen LogP contribution is 1.86. The number of ether oxygens (including phenoxy) is 1. The third-order valence-corrected chi connectivity index (χ3v) is 1.23. The number of hydrogen-bond acceptors (Lipinski definition) is 3. The zero-order valence-corrected chi connectivity index (χ0v) is 7.70. The number of carboxylic acid groups (broad SMARTS) is 1. The van der Waals surface area contributed by atoms with Crippen LogP contribution in [0.15, 0.2) is 0 Å². The van der Waals surface area contributed by atoms with Crippen molar-refractivity contribution in [1.29, 1.82) is 0 Å². The number of nitrogens with one attached hydrogen (secondary N) is 1. The van der Waals surface area contributed by atoms with E-state index in [4.69, 9.17) is 9.84 Å². The van der Waals surface area contributed by atoms with Crippen molar-refractivity contribution in [3.63, 3.8) is 0 Å². The molecule has 0 aliphatic rings. The van der Waals surface area contributed by atoms with Gasteiger partial charge in [-0.3, -0.25) is 5.32 Å². The summed E-state index contributed by atoms with van der Waals surface area (Å²) in [5, 5.41) is 10.5. The van der Waals surface area contributed by atoms with Crippen LogP contribution in [0.4, 0.5) is 4.79 Å². The van der Waals surface area contributed by atoms with Crippen molar-refractivity contribution in [2.45, 2.75) is 13.2 Å². The smallest absolute Gasteiger partial charge is 0.406 e. The lowest BCUT2D eigenvalue weighted by Crippen LogP contribution is -2.34. The van der Waals surface area contributed by atoms with Crippen LogP contribution >= 0.6 is 0 Å². The van der Waals surface area contributed by atoms with Crippen LogP contribution in [0.3, 0.4) is 0 Å². The van der Waals surface area contributed by atoms with Gasteiger partial charge in [-0.05, 0) is 21.0 Å². The molecule has 1 amide bonds. The Balaban J connectivity index is 3.31. The Morgan fingerprint density at radius 1 is 1.67 bits per heavy atom. The minimum absolute atomic E-state index is 0.442. The average molecular weight is 176 g/mol. The van der Waals surface area contributed by atoms with Gasteiger partial charge in [-0.15, -0.1) is 0 Å². The summed E-state index contributed by atoms with van der Waals surface area (Å²) in [6, 6.07) is 0. The molecule has 0 aromatic carbocycles. The molecule has 0 saturated carbocycles. The average Bonchev–Trinajstić information content (AvgIpc) is 1.84. The van der Waals surface area contributed by atoms with Crippen LogP contribution in [-0.4, -0.2) is 49.6 Å². The van der Waals surface area contributed by atoms with E-state index in [1.807, 2.05) is 19.0 Å². The monoisotopic (exact) mass is 176 g/mol. The van der Waals surface area contributed by atoms with Crippen molar-refractivity contribution in [3.8, 4) is 0 Å². The molecule has 0 aliphatic carbocycles. The van der Waals surface area contributed by atoms with E-state index in [1.54, 1.807) is 6.92 Å². The van der Waals surface area contributed by atoms with Crippen molar-refractivity contribution >= 4 is 6.09 Å². The standard InChI is InChI=1S/C7H16N2O3/c1-6(8-7(10)11)12-5-4-9(2)3/h6,8H,4-5H2,1-3H3,(H,10,11). The van der Waals surface area contributed by atoms with Gasteiger partial charge in [0.05, 0.1) is 6.61 Å². The summed E-state index contributed by atoms with van der Waals surface area (Å²) < 4.78 is 5.13. The van der Waals surface area contributed by atoms with E-state index in [2.05, 4.69) is 5.32 Å². The largest absolute Gasteiger partial charge is 0.465 e. The molecule has 0 fully saturated rings. The van der Waals surface area contributed by atoms with Crippen LogP contribution < -0.4 is 5.32 Å². The summed E-state index contributed by atoms with van der Waals surface area (Å²) in [4.78, 5) is 12.1. The lowest BCUT2D eigenvalue weighted by Gasteiger charge is -2.14. The predicted octanol–water partition coefficient (Wildman–Crippen LogP) is 0.178. The molecular weight excluding hydrogens is 160 g/mol. The first kappa shape index (κ1) is 11.2. The van der Waals surface area contributed by atoms with Crippen LogP contribution in [0.1, 0.15) is 6.92 Å². The normalized spacial score (nSPS) is 13.0.